The molecule has 0 fully saturated rings. The van der Waals surface area contributed by atoms with Crippen molar-refractivity contribution >= 4 is 41.3 Å². The average molecular weight is 721 g/mol. The van der Waals surface area contributed by atoms with Gasteiger partial charge in [-0.15, -0.1) is 0 Å². The number of carbonyl (C=O) groups is 4. The van der Waals surface area contributed by atoms with Gasteiger partial charge in [-0.05, 0) is 77.9 Å². The summed E-state index contributed by atoms with van der Waals surface area (Å²) in [4.78, 5) is 48.9. The van der Waals surface area contributed by atoms with Crippen molar-refractivity contribution in [2.75, 3.05) is 10.2 Å². The van der Waals surface area contributed by atoms with Crippen LogP contribution in [0.4, 0.5) is 35.6 Å². The highest BCUT2D eigenvalue weighted by Gasteiger charge is 2.27. The molecule has 0 saturated heterocycles. The first kappa shape index (κ1) is 38.8. The predicted molar refractivity (Wildman–Crippen MR) is 189 cm³/mol. The van der Waals surface area contributed by atoms with E-state index in [4.69, 9.17) is 14.6 Å². The van der Waals surface area contributed by atoms with Crippen LogP contribution in [-0.2, 0) is 36.2 Å². The van der Waals surface area contributed by atoms with Crippen molar-refractivity contribution in [3.8, 4) is 0 Å². The summed E-state index contributed by atoms with van der Waals surface area (Å²) < 4.78 is 40.2. The molecule has 276 valence electrons. The molecule has 0 atom stereocenters. The largest absolute Gasteiger partial charge is 0.478 e. The number of hydrogen-bond donors (Lipinski definition) is 4. The van der Waals surface area contributed by atoms with Gasteiger partial charge in [-0.2, -0.15) is 5.10 Å². The van der Waals surface area contributed by atoms with Gasteiger partial charge in [-0.1, -0.05) is 24.3 Å². The van der Waals surface area contributed by atoms with Crippen molar-refractivity contribution in [3.63, 3.8) is 0 Å². The fourth-order valence-electron chi connectivity index (χ4n) is 4.91. The molecule has 2 heterocycles. The third kappa shape index (κ3) is 10.5. The molecule has 52 heavy (non-hydrogen) atoms. The Morgan fingerprint density at radius 2 is 1.35 bits per heavy atom. The normalized spacial score (nSPS) is 12.1. The zero-order valence-electron chi connectivity index (χ0n) is 30.0. The molecule has 4 N–H and O–H groups in total. The topological polar surface area (TPSA) is 164 Å². The smallest absolute Gasteiger partial charge is 0.407 e. The number of nitrogens with zero attached hydrogens (tertiary/aromatic N) is 3. The first-order chi connectivity index (χ1) is 24.3. The van der Waals surface area contributed by atoms with Crippen LogP contribution in [0.5, 0.6) is 0 Å². The molecule has 3 aromatic carbocycles. The van der Waals surface area contributed by atoms with Gasteiger partial charge in [0.25, 0.3) is 5.91 Å². The first-order valence-electron chi connectivity index (χ1n) is 16.2. The third-order valence-corrected chi connectivity index (χ3v) is 7.28. The lowest BCUT2D eigenvalue weighted by atomic mass is 10.1. The van der Waals surface area contributed by atoms with E-state index in [1.165, 1.54) is 24.3 Å². The SMILES string of the molecule is CC(C)(C)OC(=O)NCc1ccc(C(=O)O)cc1F.Cn1ncc2c1Nc1ccccc1N(C(=O)c1ccc(CNC(=O)OC(C)(C)C)c(F)c1)C2. The van der Waals surface area contributed by atoms with E-state index < -0.39 is 41.0 Å². The number of alkyl carbamates (subject to hydrolysis) is 2. The second kappa shape index (κ2) is 15.9. The Labute approximate surface area is 299 Å². The number of carboxylic acids is 1. The minimum absolute atomic E-state index is 0.0509. The molecule has 1 aliphatic rings. The Hall–Kier alpha value is -5.99. The van der Waals surface area contributed by atoms with Crippen molar-refractivity contribution in [2.45, 2.75) is 72.4 Å². The first-order valence-corrected chi connectivity index (χ1v) is 16.2. The fourth-order valence-corrected chi connectivity index (χ4v) is 4.91. The van der Waals surface area contributed by atoms with Crippen molar-refractivity contribution in [3.05, 3.63) is 106 Å². The van der Waals surface area contributed by atoms with Crippen LogP contribution in [0.1, 0.15) is 78.9 Å². The number of anilines is 3. The summed E-state index contributed by atoms with van der Waals surface area (Å²) in [5, 5.41) is 21.2. The maximum Gasteiger partial charge on any atom is 0.407 e. The Bertz CT molecular complexity index is 1970. The molecule has 3 amide bonds. The number of ether oxygens (including phenoxy) is 2. The number of aromatic nitrogens is 2. The number of carboxylic acid groups (broad SMARTS) is 1. The Balaban J connectivity index is 0.000000272. The predicted octanol–water partition coefficient (Wildman–Crippen LogP) is 7.04. The van der Waals surface area contributed by atoms with Gasteiger partial charge in [0.15, 0.2) is 0 Å². The number of aromatic carboxylic acids is 1. The molecule has 15 heteroatoms. The van der Waals surface area contributed by atoms with Crippen LogP contribution >= 0.6 is 0 Å². The quantitative estimate of drug-likeness (QED) is 0.164. The molecular weight excluding hydrogens is 678 g/mol. The number of aryl methyl sites for hydroxylation is 1. The highest BCUT2D eigenvalue weighted by molar-refractivity contribution is 6.08. The van der Waals surface area contributed by atoms with Crippen LogP contribution in [0.25, 0.3) is 0 Å². The van der Waals surface area contributed by atoms with Crippen molar-refractivity contribution in [1.29, 1.82) is 0 Å². The molecule has 0 saturated carbocycles. The van der Waals surface area contributed by atoms with Gasteiger partial charge in [0.1, 0.15) is 28.7 Å². The number of nitrogens with one attached hydrogen (secondary N) is 3. The number of benzene rings is 3. The summed E-state index contributed by atoms with van der Waals surface area (Å²) in [6, 6.07) is 15.2. The van der Waals surface area contributed by atoms with E-state index in [2.05, 4.69) is 21.0 Å². The number of fused-ring (bicyclic) bond motifs is 2. The van der Waals surface area contributed by atoms with Crippen LogP contribution in [-0.4, -0.2) is 50.2 Å². The van der Waals surface area contributed by atoms with Gasteiger partial charge < -0.3 is 35.4 Å². The van der Waals surface area contributed by atoms with Crippen LogP contribution in [0.15, 0.2) is 66.9 Å². The molecule has 5 rings (SSSR count). The third-order valence-electron chi connectivity index (χ3n) is 7.28. The molecule has 1 aliphatic heterocycles. The second-order valence-corrected chi connectivity index (χ2v) is 13.8. The summed E-state index contributed by atoms with van der Waals surface area (Å²) in [6.07, 6.45) is 0.415. The van der Waals surface area contributed by atoms with Crippen LogP contribution in [0.2, 0.25) is 0 Å². The van der Waals surface area contributed by atoms with E-state index in [0.717, 1.165) is 23.1 Å². The Morgan fingerprint density at radius 1 is 0.827 bits per heavy atom. The number of para-hydroxylation sites is 2. The standard InChI is InChI=1S/C24H26FN5O3.C13H16FNO4/c1-24(2,3)33-23(32)26-12-16-10-9-15(11-18(16)25)22(31)30-14-17-13-27-29(4)21(17)28-19-7-5-6-8-20(19)30;1-13(2,3)19-12(18)15-7-9-5-4-8(11(16)17)6-10(9)14/h5-11,13,28H,12,14H2,1-4H3,(H,26,32);4-6H,7H2,1-3H3,(H,15,18)(H,16,17). The number of halogens is 2. The molecule has 0 unspecified atom stereocenters. The summed E-state index contributed by atoms with van der Waals surface area (Å²) in [5.74, 6) is -2.01. The van der Waals surface area contributed by atoms with Gasteiger partial charge >= 0.3 is 18.2 Å². The monoisotopic (exact) mass is 720 g/mol. The van der Waals surface area contributed by atoms with E-state index >= 15 is 0 Å². The minimum atomic E-state index is -1.20. The average Bonchev–Trinajstić information content (AvgIpc) is 3.29. The van der Waals surface area contributed by atoms with E-state index in [-0.39, 0.29) is 47.8 Å². The van der Waals surface area contributed by atoms with Gasteiger partial charge in [0, 0.05) is 42.4 Å². The molecule has 4 aromatic rings. The summed E-state index contributed by atoms with van der Waals surface area (Å²) >= 11 is 0. The zero-order valence-corrected chi connectivity index (χ0v) is 30.0. The number of amides is 3. The van der Waals surface area contributed by atoms with Crippen molar-refractivity contribution in [1.82, 2.24) is 20.4 Å². The molecule has 0 spiro atoms. The molecule has 1 aromatic heterocycles. The maximum atomic E-state index is 14.8. The Morgan fingerprint density at radius 3 is 1.87 bits per heavy atom. The maximum absolute atomic E-state index is 14.8. The number of hydrogen-bond acceptors (Lipinski definition) is 8. The lowest BCUT2D eigenvalue weighted by Gasteiger charge is -2.23. The van der Waals surface area contributed by atoms with E-state index in [0.29, 0.717) is 5.69 Å². The summed E-state index contributed by atoms with van der Waals surface area (Å²) in [7, 11) is 1.82. The Kier molecular flexibility index (Phi) is 11.9. The zero-order chi connectivity index (χ0) is 38.4. The number of carbonyl (C=O) groups excluding carboxylic acids is 3. The lowest BCUT2D eigenvalue weighted by molar-refractivity contribution is 0.0511. The number of rotatable bonds is 6. The highest BCUT2D eigenvalue weighted by atomic mass is 19.1. The van der Waals surface area contributed by atoms with E-state index in [1.807, 2.05) is 31.3 Å². The van der Waals surface area contributed by atoms with E-state index in [9.17, 15) is 28.0 Å². The van der Waals surface area contributed by atoms with Crippen LogP contribution in [0, 0.1) is 11.6 Å². The van der Waals surface area contributed by atoms with Gasteiger partial charge in [-0.25, -0.2) is 23.2 Å². The highest BCUT2D eigenvalue weighted by Crippen LogP contribution is 2.36. The van der Waals surface area contributed by atoms with Gasteiger partial charge in [0.2, 0.25) is 0 Å². The van der Waals surface area contributed by atoms with Crippen LogP contribution < -0.4 is 20.9 Å². The minimum Gasteiger partial charge on any atom is -0.478 e. The van der Waals surface area contributed by atoms with Crippen molar-refractivity contribution in [2.24, 2.45) is 7.05 Å². The summed E-state index contributed by atoms with van der Waals surface area (Å²) in [6.45, 7) is 10.6. The van der Waals surface area contributed by atoms with Crippen molar-refractivity contribution < 1.29 is 42.5 Å². The second-order valence-electron chi connectivity index (χ2n) is 13.8. The van der Waals surface area contributed by atoms with Crippen LogP contribution in [0.3, 0.4) is 0 Å². The molecule has 13 nitrogen and oxygen atoms in total. The fraction of sp³-hybridized carbons (Fsp3) is 0.324. The van der Waals surface area contributed by atoms with Gasteiger partial charge in [0.05, 0.1) is 29.7 Å². The van der Waals surface area contributed by atoms with E-state index in [1.54, 1.807) is 63.4 Å². The molecule has 0 aliphatic carbocycles. The lowest BCUT2D eigenvalue weighted by Crippen LogP contribution is -2.32. The van der Waals surface area contributed by atoms with Gasteiger partial charge in [-0.3, -0.25) is 9.48 Å². The molecule has 0 radical (unpaired) electrons. The molecule has 0 bridgehead atoms. The summed E-state index contributed by atoms with van der Waals surface area (Å²) in [5.41, 5.74) is 1.53. The molecular formula is C37H42F2N6O7.